The predicted octanol–water partition coefficient (Wildman–Crippen LogP) is 4.68. The largest absolute Gasteiger partial charge is 0.368 e. The van der Waals surface area contributed by atoms with E-state index in [4.69, 9.17) is 14.2 Å². The van der Waals surface area contributed by atoms with Crippen molar-refractivity contribution in [1.29, 1.82) is 0 Å². The monoisotopic (exact) mass is 582 g/mol. The van der Waals surface area contributed by atoms with Crippen LogP contribution in [0.1, 0.15) is 36.0 Å². The number of ether oxygens (including phenoxy) is 3. The molecule has 43 heavy (non-hydrogen) atoms. The molecule has 2 aliphatic rings. The molecule has 0 saturated carbocycles. The molecule has 2 saturated heterocycles. The maximum absolute atomic E-state index is 14.2. The first kappa shape index (κ1) is 30.4. The highest BCUT2D eigenvalue weighted by Gasteiger charge is 2.52. The highest BCUT2D eigenvalue weighted by molar-refractivity contribution is 5.97. The molecule has 2 fully saturated rings. The fourth-order valence-electron chi connectivity index (χ4n) is 5.64. The molecular formula is C35H38N2O6. The van der Waals surface area contributed by atoms with Gasteiger partial charge in [-0.05, 0) is 23.1 Å². The number of piperidine rings is 2. The van der Waals surface area contributed by atoms with E-state index in [1.54, 1.807) is 11.0 Å². The Kier molecular flexibility index (Phi) is 10.5. The molecule has 2 heterocycles. The van der Waals surface area contributed by atoms with Crippen molar-refractivity contribution in [3.63, 3.8) is 0 Å². The van der Waals surface area contributed by atoms with E-state index in [1.165, 1.54) is 4.90 Å². The van der Waals surface area contributed by atoms with Crippen LogP contribution in [0, 0.1) is 0 Å². The van der Waals surface area contributed by atoms with Crippen molar-refractivity contribution in [2.24, 2.45) is 0 Å². The van der Waals surface area contributed by atoms with E-state index in [0.29, 0.717) is 19.3 Å². The maximum Gasteiger partial charge on any atom is 0.255 e. The molecule has 0 radical (unpaired) electrons. The summed E-state index contributed by atoms with van der Waals surface area (Å²) in [5.41, 5.74) is 2.80. The molecular weight excluding hydrogens is 544 g/mol. The van der Waals surface area contributed by atoms with Crippen LogP contribution < -0.4 is 0 Å². The van der Waals surface area contributed by atoms with Gasteiger partial charge in [0, 0.05) is 19.4 Å². The van der Waals surface area contributed by atoms with Crippen molar-refractivity contribution in [3.8, 4) is 0 Å². The number of amides is 3. The third-order valence-corrected chi connectivity index (χ3v) is 7.85. The molecule has 3 aromatic rings. The van der Waals surface area contributed by atoms with Crippen molar-refractivity contribution in [2.45, 2.75) is 63.4 Å². The first-order chi connectivity index (χ1) is 21.0. The molecule has 0 unspecified atom stereocenters. The molecule has 0 aliphatic carbocycles. The van der Waals surface area contributed by atoms with Crippen LogP contribution in [0.2, 0.25) is 0 Å². The van der Waals surface area contributed by atoms with E-state index in [2.05, 4.69) is 6.58 Å². The van der Waals surface area contributed by atoms with Gasteiger partial charge in [0.2, 0.25) is 11.8 Å². The van der Waals surface area contributed by atoms with Crippen LogP contribution in [0.15, 0.2) is 104 Å². The second kappa shape index (κ2) is 14.9. The maximum atomic E-state index is 14.2. The van der Waals surface area contributed by atoms with E-state index < -0.39 is 24.4 Å². The predicted molar refractivity (Wildman–Crippen MR) is 161 cm³/mol. The third kappa shape index (κ3) is 7.65. The number of imide groups is 1. The second-order valence-corrected chi connectivity index (χ2v) is 10.8. The van der Waals surface area contributed by atoms with Crippen LogP contribution >= 0.6 is 0 Å². The number of carbonyl (C=O) groups excluding carboxylic acids is 3. The minimum Gasteiger partial charge on any atom is -0.368 e. The first-order valence-corrected chi connectivity index (χ1v) is 14.8. The lowest BCUT2D eigenvalue weighted by molar-refractivity contribution is -0.209. The van der Waals surface area contributed by atoms with Gasteiger partial charge in [0.15, 0.2) is 6.10 Å². The van der Waals surface area contributed by atoms with Crippen LogP contribution in [0.4, 0.5) is 0 Å². The van der Waals surface area contributed by atoms with Gasteiger partial charge in [0.1, 0.15) is 12.2 Å². The number of nitrogens with zero attached hydrogens (tertiary/aromatic N) is 2. The topological polar surface area (TPSA) is 85.4 Å². The Morgan fingerprint density at radius 3 is 1.63 bits per heavy atom. The zero-order valence-electron chi connectivity index (χ0n) is 24.3. The average molecular weight is 583 g/mol. The Hall–Kier alpha value is -4.11. The number of carbonyl (C=O) groups is 3. The van der Waals surface area contributed by atoms with Gasteiger partial charge in [0.05, 0.1) is 32.4 Å². The second-order valence-electron chi connectivity index (χ2n) is 10.8. The first-order valence-electron chi connectivity index (χ1n) is 14.8. The van der Waals surface area contributed by atoms with Crippen molar-refractivity contribution in [1.82, 2.24) is 9.80 Å². The Bertz CT molecular complexity index is 1350. The lowest BCUT2D eigenvalue weighted by Crippen LogP contribution is -2.69. The van der Waals surface area contributed by atoms with Crippen molar-refractivity contribution in [2.75, 3.05) is 13.1 Å². The minimum atomic E-state index is -0.992. The van der Waals surface area contributed by atoms with Gasteiger partial charge in [-0.1, -0.05) is 97.1 Å². The van der Waals surface area contributed by atoms with Gasteiger partial charge in [-0.15, -0.1) is 6.58 Å². The standard InChI is InChI=1S/C35H38N2O6/c1-2-21-36-29(22-37-30(38)19-12-20-31(37)39)32(41-23-26-13-6-3-7-14-26)33(42-24-27-15-8-4-9-16-27)34(35(36)40)43-25-28-17-10-5-11-18-28/h2-11,13-18,29,32-34H,1,12,19-25H2/t29-,32-,33-,34-/m1/s1. The van der Waals surface area contributed by atoms with E-state index in [1.807, 2.05) is 91.0 Å². The van der Waals surface area contributed by atoms with Crippen LogP contribution in [-0.2, 0) is 48.4 Å². The third-order valence-electron chi connectivity index (χ3n) is 7.85. The van der Waals surface area contributed by atoms with E-state index in [-0.39, 0.29) is 50.6 Å². The summed E-state index contributed by atoms with van der Waals surface area (Å²) in [5.74, 6) is -0.781. The summed E-state index contributed by atoms with van der Waals surface area (Å²) in [6.07, 6.45) is 0.221. The Morgan fingerprint density at radius 1 is 0.674 bits per heavy atom. The molecule has 8 heteroatoms. The molecule has 0 spiro atoms. The number of rotatable bonds is 13. The van der Waals surface area contributed by atoms with Gasteiger partial charge < -0.3 is 19.1 Å². The molecule has 5 rings (SSSR count). The number of hydrogen-bond acceptors (Lipinski definition) is 6. The summed E-state index contributed by atoms with van der Waals surface area (Å²) in [7, 11) is 0. The molecule has 0 bridgehead atoms. The summed E-state index contributed by atoms with van der Waals surface area (Å²) in [4.78, 5) is 42.9. The quantitative estimate of drug-likeness (QED) is 0.215. The van der Waals surface area contributed by atoms with Crippen molar-refractivity contribution >= 4 is 17.7 Å². The van der Waals surface area contributed by atoms with Gasteiger partial charge >= 0.3 is 0 Å². The average Bonchev–Trinajstić information content (AvgIpc) is 3.04. The molecule has 0 N–H and O–H groups in total. The minimum absolute atomic E-state index is 0.00725. The molecule has 8 nitrogen and oxygen atoms in total. The SMILES string of the molecule is C=CCN1C(=O)[C@H](OCc2ccccc2)[C@H](OCc2ccccc2)[C@H](OCc2ccccc2)[C@H]1CN1C(=O)CCCC1=O. The summed E-state index contributed by atoms with van der Waals surface area (Å²) in [6.45, 7) is 4.75. The number of likely N-dealkylation sites (tertiary alicyclic amines) is 2. The summed E-state index contributed by atoms with van der Waals surface area (Å²) < 4.78 is 19.5. The van der Waals surface area contributed by atoms with Crippen LogP contribution in [0.3, 0.4) is 0 Å². The highest BCUT2D eigenvalue weighted by atomic mass is 16.6. The zero-order valence-corrected chi connectivity index (χ0v) is 24.3. The lowest BCUT2D eigenvalue weighted by Gasteiger charge is -2.48. The Balaban J connectivity index is 1.51. The van der Waals surface area contributed by atoms with E-state index in [9.17, 15) is 14.4 Å². The number of hydrogen-bond donors (Lipinski definition) is 0. The fraction of sp³-hybridized carbons (Fsp3) is 0.343. The highest BCUT2D eigenvalue weighted by Crippen LogP contribution is 2.31. The normalized spacial score (nSPS) is 22.6. The summed E-state index contributed by atoms with van der Waals surface area (Å²) >= 11 is 0. The van der Waals surface area contributed by atoms with E-state index >= 15 is 0 Å². The van der Waals surface area contributed by atoms with Gasteiger partial charge in [-0.3, -0.25) is 19.3 Å². The summed E-state index contributed by atoms with van der Waals surface area (Å²) in [5, 5.41) is 0. The molecule has 3 amide bonds. The smallest absolute Gasteiger partial charge is 0.255 e. The van der Waals surface area contributed by atoms with Crippen LogP contribution in [0.25, 0.3) is 0 Å². The Labute approximate surface area is 252 Å². The molecule has 2 aliphatic heterocycles. The van der Waals surface area contributed by atoms with E-state index in [0.717, 1.165) is 16.7 Å². The van der Waals surface area contributed by atoms with Gasteiger partial charge in [0.25, 0.3) is 5.91 Å². The summed E-state index contributed by atoms with van der Waals surface area (Å²) in [6, 6.07) is 28.4. The van der Waals surface area contributed by atoms with Gasteiger partial charge in [-0.25, -0.2) is 0 Å². The van der Waals surface area contributed by atoms with Crippen LogP contribution in [0.5, 0.6) is 0 Å². The molecule has 3 aromatic carbocycles. The van der Waals surface area contributed by atoms with Gasteiger partial charge in [-0.2, -0.15) is 0 Å². The lowest BCUT2D eigenvalue weighted by atomic mass is 9.91. The molecule has 4 atom stereocenters. The molecule has 0 aromatic heterocycles. The molecule has 224 valence electrons. The van der Waals surface area contributed by atoms with Crippen LogP contribution in [-0.4, -0.2) is 65.0 Å². The fourth-order valence-corrected chi connectivity index (χ4v) is 5.64. The Morgan fingerprint density at radius 2 is 1.14 bits per heavy atom. The number of benzene rings is 3. The zero-order chi connectivity index (χ0) is 30.0. The van der Waals surface area contributed by atoms with Crippen molar-refractivity contribution < 1.29 is 28.6 Å². The van der Waals surface area contributed by atoms with Crippen molar-refractivity contribution in [3.05, 3.63) is 120 Å².